The second kappa shape index (κ2) is 5.01. The molecule has 6 heteroatoms. The lowest BCUT2D eigenvalue weighted by Gasteiger charge is -2.05. The molecule has 0 amide bonds. The summed E-state index contributed by atoms with van der Waals surface area (Å²) in [5.41, 5.74) is -0.0748. The fourth-order valence-corrected chi connectivity index (χ4v) is 1.06. The van der Waals surface area contributed by atoms with Gasteiger partial charge in [-0.3, -0.25) is 0 Å². The third kappa shape index (κ3) is 2.63. The molecule has 16 heavy (non-hydrogen) atoms. The van der Waals surface area contributed by atoms with E-state index in [1.54, 1.807) is 12.1 Å². The summed E-state index contributed by atoms with van der Waals surface area (Å²) >= 11 is 5.49. The van der Waals surface area contributed by atoms with E-state index in [1.165, 1.54) is 0 Å². The van der Waals surface area contributed by atoms with Crippen LogP contribution in [0.15, 0.2) is 23.9 Å². The van der Waals surface area contributed by atoms with Crippen LogP contribution < -0.4 is 5.32 Å². The lowest BCUT2D eigenvalue weighted by molar-refractivity contribution is 0.471. The van der Waals surface area contributed by atoms with E-state index in [0.29, 0.717) is 0 Å². The van der Waals surface area contributed by atoms with Gasteiger partial charge in [-0.15, -0.1) is 0 Å². The molecule has 0 aromatic heterocycles. The lowest BCUT2D eigenvalue weighted by Crippen LogP contribution is -1.91. The van der Waals surface area contributed by atoms with Gasteiger partial charge in [-0.25, -0.2) is 4.39 Å². The number of anilines is 1. The first-order valence-electron chi connectivity index (χ1n) is 4.03. The van der Waals surface area contributed by atoms with Crippen LogP contribution in [0, 0.1) is 28.5 Å². The van der Waals surface area contributed by atoms with Crippen LogP contribution in [-0.2, 0) is 0 Å². The molecule has 0 heterocycles. The number of allylic oxidation sites excluding steroid dienone is 1. The smallest absolute Gasteiger partial charge is 0.145 e. The Labute approximate surface area is 95.8 Å². The third-order valence-corrected chi connectivity index (χ3v) is 1.94. The van der Waals surface area contributed by atoms with Crippen molar-refractivity contribution in [3.05, 3.63) is 34.7 Å². The first kappa shape index (κ1) is 11.8. The maximum atomic E-state index is 12.9. The van der Waals surface area contributed by atoms with Crippen LogP contribution in [0.5, 0.6) is 5.75 Å². The summed E-state index contributed by atoms with van der Waals surface area (Å²) in [7, 11) is 0. The van der Waals surface area contributed by atoms with Gasteiger partial charge >= 0.3 is 0 Å². The molecule has 0 aliphatic carbocycles. The van der Waals surface area contributed by atoms with Gasteiger partial charge in [-0.05, 0) is 6.07 Å². The van der Waals surface area contributed by atoms with Gasteiger partial charge in [0.1, 0.15) is 29.3 Å². The summed E-state index contributed by atoms with van der Waals surface area (Å²) in [5.74, 6) is -1.12. The zero-order chi connectivity index (χ0) is 12.1. The summed E-state index contributed by atoms with van der Waals surface area (Å²) in [5, 5.41) is 28.5. The van der Waals surface area contributed by atoms with Crippen LogP contribution >= 0.6 is 11.6 Å². The minimum atomic E-state index is -0.755. The Kier molecular flexibility index (Phi) is 3.71. The van der Waals surface area contributed by atoms with E-state index >= 15 is 0 Å². The van der Waals surface area contributed by atoms with Crippen molar-refractivity contribution in [2.75, 3.05) is 5.32 Å². The van der Waals surface area contributed by atoms with Crippen molar-refractivity contribution in [2.45, 2.75) is 0 Å². The van der Waals surface area contributed by atoms with Crippen molar-refractivity contribution >= 4 is 17.3 Å². The van der Waals surface area contributed by atoms with E-state index in [0.717, 1.165) is 18.3 Å². The maximum Gasteiger partial charge on any atom is 0.145 e. The number of rotatable bonds is 2. The highest BCUT2D eigenvalue weighted by Crippen LogP contribution is 2.29. The Morgan fingerprint density at radius 2 is 2.06 bits per heavy atom. The van der Waals surface area contributed by atoms with Gasteiger partial charge in [0.15, 0.2) is 0 Å². The van der Waals surface area contributed by atoms with Gasteiger partial charge in [0.2, 0.25) is 0 Å². The summed E-state index contributed by atoms with van der Waals surface area (Å²) in [6, 6.07) is 5.21. The summed E-state index contributed by atoms with van der Waals surface area (Å²) in [6.07, 6.45) is 1.09. The van der Waals surface area contributed by atoms with Gasteiger partial charge in [0.25, 0.3) is 0 Å². The van der Waals surface area contributed by atoms with Gasteiger partial charge < -0.3 is 10.4 Å². The van der Waals surface area contributed by atoms with Gasteiger partial charge in [0.05, 0.1) is 10.7 Å². The van der Waals surface area contributed by atoms with Crippen molar-refractivity contribution < 1.29 is 9.50 Å². The van der Waals surface area contributed by atoms with E-state index in [-0.39, 0.29) is 22.0 Å². The minimum absolute atomic E-state index is 0.106. The maximum absolute atomic E-state index is 12.9. The number of halogens is 2. The van der Waals surface area contributed by atoms with Crippen molar-refractivity contribution in [1.29, 1.82) is 10.5 Å². The van der Waals surface area contributed by atoms with Crippen molar-refractivity contribution in [3.8, 4) is 17.9 Å². The van der Waals surface area contributed by atoms with Crippen LogP contribution in [0.4, 0.5) is 10.1 Å². The van der Waals surface area contributed by atoms with E-state index in [1.807, 2.05) is 0 Å². The molecule has 0 aliphatic rings. The number of nitrogens with zero attached hydrogens (tertiary/aromatic N) is 2. The van der Waals surface area contributed by atoms with E-state index in [2.05, 4.69) is 5.32 Å². The topological polar surface area (TPSA) is 79.8 Å². The van der Waals surface area contributed by atoms with E-state index in [4.69, 9.17) is 22.1 Å². The normalized spacial score (nSPS) is 8.75. The highest BCUT2D eigenvalue weighted by molar-refractivity contribution is 6.31. The second-order valence-electron chi connectivity index (χ2n) is 2.71. The SMILES string of the molecule is N#CC(C#N)=CNc1cc(Cl)c(F)cc1O. The largest absolute Gasteiger partial charge is 0.506 e. The molecule has 0 fully saturated rings. The zero-order valence-electron chi connectivity index (χ0n) is 7.83. The predicted molar refractivity (Wildman–Crippen MR) is 56.0 cm³/mol. The average Bonchev–Trinajstić information content (AvgIpc) is 2.26. The molecule has 4 nitrogen and oxygen atoms in total. The number of hydrogen-bond acceptors (Lipinski definition) is 4. The number of nitriles is 2. The number of aromatic hydroxyl groups is 1. The molecule has 1 rings (SSSR count). The molecule has 0 radical (unpaired) electrons. The molecule has 2 N–H and O–H groups in total. The molecule has 0 saturated carbocycles. The number of benzene rings is 1. The third-order valence-electron chi connectivity index (χ3n) is 1.65. The molecule has 0 atom stereocenters. The fourth-order valence-electron chi connectivity index (χ4n) is 0.891. The van der Waals surface area contributed by atoms with Gasteiger partial charge in [-0.2, -0.15) is 10.5 Å². The highest BCUT2D eigenvalue weighted by atomic mass is 35.5. The summed E-state index contributed by atoms with van der Waals surface area (Å²) in [6.45, 7) is 0. The van der Waals surface area contributed by atoms with Crippen molar-refractivity contribution in [3.63, 3.8) is 0 Å². The molecule has 1 aromatic rings. The Hall–Kier alpha value is -2.24. The fraction of sp³-hybridized carbons (Fsp3) is 0. The molecule has 0 bridgehead atoms. The van der Waals surface area contributed by atoms with E-state index < -0.39 is 5.82 Å². The molecule has 0 unspecified atom stereocenters. The zero-order valence-corrected chi connectivity index (χ0v) is 8.59. The minimum Gasteiger partial charge on any atom is -0.506 e. The van der Waals surface area contributed by atoms with Crippen molar-refractivity contribution in [1.82, 2.24) is 0 Å². The Balaban J connectivity index is 3.01. The lowest BCUT2D eigenvalue weighted by atomic mass is 10.2. The average molecular weight is 238 g/mol. The first-order chi connectivity index (χ1) is 7.58. The van der Waals surface area contributed by atoms with Crippen LogP contribution in [-0.4, -0.2) is 5.11 Å². The molecule has 80 valence electrons. The molecule has 1 aromatic carbocycles. The molecule has 0 spiro atoms. The number of nitrogens with one attached hydrogen (secondary N) is 1. The van der Waals surface area contributed by atoms with Crippen LogP contribution in [0.25, 0.3) is 0 Å². The second-order valence-corrected chi connectivity index (χ2v) is 3.12. The van der Waals surface area contributed by atoms with Crippen LogP contribution in [0.3, 0.4) is 0 Å². The Morgan fingerprint density at radius 1 is 1.44 bits per heavy atom. The summed E-state index contributed by atoms with van der Waals surface area (Å²) < 4.78 is 12.9. The number of phenols is 1. The molecule has 0 aliphatic heterocycles. The molecular weight excluding hydrogens is 233 g/mol. The van der Waals surface area contributed by atoms with Gasteiger partial charge in [-0.1, -0.05) is 11.6 Å². The standard InChI is InChI=1S/C10H5ClFN3O/c11-7-1-9(10(16)2-8(7)12)15-5-6(3-13)4-14/h1-2,5,15-16H. The number of phenolic OH excluding ortho intramolecular Hbond substituents is 1. The number of hydrogen-bond donors (Lipinski definition) is 2. The van der Waals surface area contributed by atoms with Crippen molar-refractivity contribution in [2.24, 2.45) is 0 Å². The Bertz CT molecular complexity index is 512. The highest BCUT2D eigenvalue weighted by Gasteiger charge is 2.06. The van der Waals surface area contributed by atoms with E-state index in [9.17, 15) is 9.50 Å². The summed E-state index contributed by atoms with van der Waals surface area (Å²) in [4.78, 5) is 0. The monoisotopic (exact) mass is 237 g/mol. The Morgan fingerprint density at radius 3 is 2.62 bits per heavy atom. The van der Waals surface area contributed by atoms with Gasteiger partial charge in [0, 0.05) is 12.3 Å². The van der Waals surface area contributed by atoms with Crippen LogP contribution in [0.1, 0.15) is 0 Å². The predicted octanol–water partition coefficient (Wildman–Crippen LogP) is 2.53. The molecule has 0 saturated heterocycles. The first-order valence-corrected chi connectivity index (χ1v) is 4.41. The van der Waals surface area contributed by atoms with Crippen LogP contribution in [0.2, 0.25) is 5.02 Å². The quantitative estimate of drug-likeness (QED) is 0.612. The molecular formula is C10H5ClFN3O.